The third-order valence-electron chi connectivity index (χ3n) is 6.08. The highest BCUT2D eigenvalue weighted by atomic mass is 16.3. The molecule has 0 fully saturated rings. The number of nitrogens with zero attached hydrogens (tertiary/aromatic N) is 2. The fraction of sp³-hybridized carbons (Fsp3) is 0.556. The Kier molecular flexibility index (Phi) is 10.4. The standard InChI is InChI=1S/C27H39N3O2/c1-2-3-4-5-6-7-8-14-21-30-24-17-12-11-16-23(24)29-26(30)19-10-9-13-20-28-27(31)25-18-15-22-32-25/h11-12,15-18,22H,2-10,13-14,19-21H2,1H3,(H,28,31). The van der Waals surface area contributed by atoms with E-state index in [0.717, 1.165) is 37.7 Å². The van der Waals surface area contributed by atoms with Gasteiger partial charge in [0.05, 0.1) is 17.3 Å². The van der Waals surface area contributed by atoms with E-state index in [0.29, 0.717) is 12.3 Å². The Labute approximate surface area is 192 Å². The molecule has 0 saturated heterocycles. The van der Waals surface area contributed by atoms with Crippen LogP contribution in [0.5, 0.6) is 0 Å². The number of para-hydroxylation sites is 2. The van der Waals surface area contributed by atoms with Crippen molar-refractivity contribution in [2.45, 2.75) is 90.5 Å². The van der Waals surface area contributed by atoms with Crippen LogP contribution in [-0.4, -0.2) is 22.0 Å². The first-order valence-electron chi connectivity index (χ1n) is 12.6. The molecule has 0 aliphatic carbocycles. The molecule has 0 spiro atoms. The van der Waals surface area contributed by atoms with Gasteiger partial charge in [-0.3, -0.25) is 4.79 Å². The lowest BCUT2D eigenvalue weighted by molar-refractivity contribution is 0.0925. The summed E-state index contributed by atoms with van der Waals surface area (Å²) in [7, 11) is 0. The van der Waals surface area contributed by atoms with Gasteiger partial charge in [0, 0.05) is 19.5 Å². The first-order valence-corrected chi connectivity index (χ1v) is 12.6. The zero-order valence-corrected chi connectivity index (χ0v) is 19.7. The molecule has 3 aromatic rings. The lowest BCUT2D eigenvalue weighted by Crippen LogP contribution is -2.23. The Morgan fingerprint density at radius 2 is 1.66 bits per heavy atom. The SMILES string of the molecule is CCCCCCCCCCn1c(CCCCCNC(=O)c2ccco2)nc2ccccc21. The Morgan fingerprint density at radius 3 is 2.44 bits per heavy atom. The van der Waals surface area contributed by atoms with Crippen molar-refractivity contribution < 1.29 is 9.21 Å². The summed E-state index contributed by atoms with van der Waals surface area (Å²) in [5.74, 6) is 1.44. The molecule has 174 valence electrons. The predicted molar refractivity (Wildman–Crippen MR) is 131 cm³/mol. The molecule has 0 radical (unpaired) electrons. The number of amides is 1. The Morgan fingerprint density at radius 1 is 0.906 bits per heavy atom. The number of carbonyl (C=O) groups is 1. The van der Waals surface area contributed by atoms with Crippen molar-refractivity contribution in [3.8, 4) is 0 Å². The van der Waals surface area contributed by atoms with Crippen LogP contribution < -0.4 is 5.32 Å². The van der Waals surface area contributed by atoms with Crippen molar-refractivity contribution in [2.24, 2.45) is 0 Å². The van der Waals surface area contributed by atoms with Crippen molar-refractivity contribution in [1.82, 2.24) is 14.9 Å². The average molecular weight is 438 g/mol. The molecule has 32 heavy (non-hydrogen) atoms. The summed E-state index contributed by atoms with van der Waals surface area (Å²) in [5.41, 5.74) is 2.36. The van der Waals surface area contributed by atoms with Crippen LogP contribution in [0.2, 0.25) is 0 Å². The van der Waals surface area contributed by atoms with Crippen molar-refractivity contribution in [1.29, 1.82) is 0 Å². The predicted octanol–water partition coefficient (Wildman–Crippen LogP) is 6.91. The fourth-order valence-electron chi connectivity index (χ4n) is 4.25. The number of carbonyl (C=O) groups excluding carboxylic acids is 1. The summed E-state index contributed by atoms with van der Waals surface area (Å²) in [5, 5.41) is 2.92. The zero-order valence-electron chi connectivity index (χ0n) is 19.7. The van der Waals surface area contributed by atoms with Gasteiger partial charge in [-0.25, -0.2) is 4.98 Å². The molecule has 2 heterocycles. The third-order valence-corrected chi connectivity index (χ3v) is 6.08. The van der Waals surface area contributed by atoms with Crippen LogP contribution in [0.1, 0.15) is 93.9 Å². The highest BCUT2D eigenvalue weighted by molar-refractivity contribution is 5.91. The Hall–Kier alpha value is -2.56. The Bertz CT molecular complexity index is 914. The first kappa shape index (κ1) is 24.1. The molecule has 5 heteroatoms. The van der Waals surface area contributed by atoms with Gasteiger partial charge in [0.25, 0.3) is 5.91 Å². The molecule has 1 N–H and O–H groups in total. The molecule has 5 nitrogen and oxygen atoms in total. The third kappa shape index (κ3) is 7.54. The van der Waals surface area contributed by atoms with Gasteiger partial charge >= 0.3 is 0 Å². The van der Waals surface area contributed by atoms with Crippen LogP contribution in [0.4, 0.5) is 0 Å². The number of aryl methyl sites for hydroxylation is 2. The van der Waals surface area contributed by atoms with E-state index < -0.39 is 0 Å². The monoisotopic (exact) mass is 437 g/mol. The molecule has 0 saturated carbocycles. The fourth-order valence-corrected chi connectivity index (χ4v) is 4.25. The minimum atomic E-state index is -0.137. The largest absolute Gasteiger partial charge is 0.459 e. The molecule has 0 aliphatic heterocycles. The minimum Gasteiger partial charge on any atom is -0.459 e. The summed E-state index contributed by atoms with van der Waals surface area (Å²) in [6.45, 7) is 4.01. The van der Waals surface area contributed by atoms with Crippen LogP contribution >= 0.6 is 0 Å². The maximum Gasteiger partial charge on any atom is 0.286 e. The van der Waals surface area contributed by atoms with Gasteiger partial charge in [0.15, 0.2) is 5.76 Å². The molecular formula is C27H39N3O2. The summed E-state index contributed by atoms with van der Waals surface area (Å²) in [6, 6.07) is 11.9. The summed E-state index contributed by atoms with van der Waals surface area (Å²) >= 11 is 0. The van der Waals surface area contributed by atoms with E-state index in [9.17, 15) is 4.79 Å². The number of unbranched alkanes of at least 4 members (excludes halogenated alkanes) is 9. The van der Waals surface area contributed by atoms with Gasteiger partial charge in [-0.1, -0.05) is 70.4 Å². The number of rotatable bonds is 16. The zero-order chi connectivity index (χ0) is 22.4. The highest BCUT2D eigenvalue weighted by Crippen LogP contribution is 2.19. The van der Waals surface area contributed by atoms with Crippen molar-refractivity contribution in [3.63, 3.8) is 0 Å². The summed E-state index contributed by atoms with van der Waals surface area (Å²) in [4.78, 5) is 16.8. The molecule has 0 unspecified atom stereocenters. The van der Waals surface area contributed by atoms with Crippen LogP contribution in [0, 0.1) is 0 Å². The van der Waals surface area contributed by atoms with E-state index in [1.165, 1.54) is 69.0 Å². The average Bonchev–Trinajstić information content (AvgIpc) is 3.46. The molecule has 0 atom stereocenters. The van der Waals surface area contributed by atoms with Crippen molar-refractivity contribution in [3.05, 3.63) is 54.2 Å². The number of imidazole rings is 1. The second kappa shape index (κ2) is 13.8. The number of hydrogen-bond donors (Lipinski definition) is 1. The normalized spacial score (nSPS) is 11.3. The van der Waals surface area contributed by atoms with Gasteiger partial charge in [0.1, 0.15) is 5.82 Å². The lowest BCUT2D eigenvalue weighted by Gasteiger charge is -2.10. The van der Waals surface area contributed by atoms with Crippen LogP contribution in [0.3, 0.4) is 0 Å². The van der Waals surface area contributed by atoms with Crippen molar-refractivity contribution in [2.75, 3.05) is 6.54 Å². The maximum absolute atomic E-state index is 11.9. The number of hydrogen-bond acceptors (Lipinski definition) is 3. The molecule has 3 rings (SSSR count). The highest BCUT2D eigenvalue weighted by Gasteiger charge is 2.10. The maximum atomic E-state index is 11.9. The smallest absolute Gasteiger partial charge is 0.286 e. The number of aromatic nitrogens is 2. The van der Waals surface area contributed by atoms with Crippen LogP contribution in [0.25, 0.3) is 11.0 Å². The van der Waals surface area contributed by atoms with E-state index in [2.05, 4.69) is 41.1 Å². The second-order valence-corrected chi connectivity index (χ2v) is 8.69. The van der Waals surface area contributed by atoms with Gasteiger partial charge in [-0.15, -0.1) is 0 Å². The van der Waals surface area contributed by atoms with Crippen LogP contribution in [-0.2, 0) is 13.0 Å². The number of furan rings is 1. The molecule has 2 aromatic heterocycles. The Balaban J connectivity index is 1.39. The van der Waals surface area contributed by atoms with E-state index in [1.54, 1.807) is 12.1 Å². The second-order valence-electron chi connectivity index (χ2n) is 8.69. The van der Waals surface area contributed by atoms with E-state index in [4.69, 9.17) is 9.40 Å². The van der Waals surface area contributed by atoms with Gasteiger partial charge in [0.2, 0.25) is 0 Å². The molecule has 1 aromatic carbocycles. The van der Waals surface area contributed by atoms with Gasteiger partial charge < -0.3 is 14.3 Å². The molecule has 0 bridgehead atoms. The number of benzene rings is 1. The first-order chi connectivity index (χ1) is 15.8. The van der Waals surface area contributed by atoms with E-state index >= 15 is 0 Å². The number of fused-ring (bicyclic) bond motifs is 1. The molecular weight excluding hydrogens is 398 g/mol. The molecule has 0 aliphatic rings. The van der Waals surface area contributed by atoms with Crippen LogP contribution in [0.15, 0.2) is 47.1 Å². The van der Waals surface area contributed by atoms with E-state index in [-0.39, 0.29) is 5.91 Å². The lowest BCUT2D eigenvalue weighted by atomic mass is 10.1. The van der Waals surface area contributed by atoms with Gasteiger partial charge in [-0.2, -0.15) is 0 Å². The van der Waals surface area contributed by atoms with Gasteiger partial charge in [-0.05, 0) is 43.5 Å². The minimum absolute atomic E-state index is 0.137. The number of nitrogens with one attached hydrogen (secondary N) is 1. The van der Waals surface area contributed by atoms with E-state index in [1.807, 2.05) is 0 Å². The quantitative estimate of drug-likeness (QED) is 0.248. The molecule has 1 amide bonds. The van der Waals surface area contributed by atoms with Crippen molar-refractivity contribution >= 4 is 16.9 Å². The summed E-state index contributed by atoms with van der Waals surface area (Å²) in [6.07, 6.45) is 16.3. The summed E-state index contributed by atoms with van der Waals surface area (Å²) < 4.78 is 7.56. The topological polar surface area (TPSA) is 60.1 Å².